The quantitative estimate of drug-likeness (QED) is 0.162. The van der Waals surface area contributed by atoms with Crippen molar-refractivity contribution in [1.82, 2.24) is 20.0 Å². The molecule has 0 aromatic rings. The largest absolute Gasteiger partial charge is 0.459 e. The van der Waals surface area contributed by atoms with Crippen molar-refractivity contribution < 1.29 is 38.2 Å². The van der Waals surface area contributed by atoms with Gasteiger partial charge in [0, 0.05) is 70.5 Å². The van der Waals surface area contributed by atoms with Crippen LogP contribution in [0.5, 0.6) is 0 Å². The molecule has 0 aromatic heterocycles. The average Bonchev–Trinajstić information content (AvgIpc) is 3.06. The normalized spacial score (nSPS) is 17.2. The predicted molar refractivity (Wildman–Crippen MR) is 199 cm³/mol. The number of hydrogen-bond acceptors (Lipinski definition) is 12. The highest BCUT2D eigenvalue weighted by Gasteiger charge is 2.32. The number of methoxy groups -OCH3 is 1. The fourth-order valence-electron chi connectivity index (χ4n) is 4.05. The van der Waals surface area contributed by atoms with Gasteiger partial charge in [-0.1, -0.05) is 13.8 Å². The Kier molecular flexibility index (Phi) is 25.0. The van der Waals surface area contributed by atoms with E-state index in [2.05, 4.69) is 17.9 Å². The summed E-state index contributed by atoms with van der Waals surface area (Å²) in [5.74, 6) is -0.0761. The van der Waals surface area contributed by atoms with Gasteiger partial charge in [0.05, 0.1) is 18.7 Å². The van der Waals surface area contributed by atoms with Gasteiger partial charge < -0.3 is 29.1 Å². The van der Waals surface area contributed by atoms with Gasteiger partial charge in [-0.2, -0.15) is 12.6 Å². The van der Waals surface area contributed by atoms with E-state index >= 15 is 0 Å². The lowest BCUT2D eigenvalue weighted by Gasteiger charge is -2.33. The number of carbonyl (C=O) groups is 5. The van der Waals surface area contributed by atoms with E-state index < -0.39 is 17.2 Å². The fraction of sp³-hybridized carbons (Fsp3) is 0.861. The molecular formula is C36H70N4O8S. The minimum Gasteiger partial charge on any atom is -0.459 e. The Hall–Kier alpha value is -2.06. The molecule has 0 aromatic carbocycles. The summed E-state index contributed by atoms with van der Waals surface area (Å²) in [5.41, 5.74) is -1.22. The molecule has 0 aliphatic carbocycles. The molecular weight excluding hydrogens is 648 g/mol. The van der Waals surface area contributed by atoms with Crippen molar-refractivity contribution in [2.24, 2.45) is 5.92 Å². The average molecular weight is 719 g/mol. The molecule has 0 radical (unpaired) electrons. The molecule has 1 saturated heterocycles. The van der Waals surface area contributed by atoms with Crippen LogP contribution in [0.4, 0.5) is 0 Å². The molecule has 1 fully saturated rings. The Morgan fingerprint density at radius 2 is 1.31 bits per heavy atom. The molecule has 1 amide bonds. The highest BCUT2D eigenvalue weighted by atomic mass is 32.1. The molecule has 0 spiro atoms. The van der Waals surface area contributed by atoms with Crippen LogP contribution in [-0.4, -0.2) is 139 Å². The molecule has 1 aliphatic heterocycles. The number of esters is 2. The van der Waals surface area contributed by atoms with Gasteiger partial charge in [-0.3, -0.25) is 29.1 Å². The van der Waals surface area contributed by atoms with E-state index in [0.717, 1.165) is 19.0 Å². The lowest BCUT2D eigenvalue weighted by molar-refractivity contribution is -0.162. The summed E-state index contributed by atoms with van der Waals surface area (Å²) in [4.78, 5) is 65.3. The lowest BCUT2D eigenvalue weighted by atomic mass is 10.1. The molecule has 3 atom stereocenters. The van der Waals surface area contributed by atoms with Crippen LogP contribution >= 0.6 is 12.6 Å². The SMILES string of the molecule is CC(CS)NC(=O)CCC(C(=O)OC(C)(C)C)N1CCN(CC=O)CCN(CC(=O)OC(C)(C)C)CC1.CCC(C)C=O.COC(C)(C)C. The third kappa shape index (κ3) is 28.3. The minimum atomic E-state index is -0.677. The first kappa shape index (κ1) is 49.1. The molecule has 3 unspecified atom stereocenters. The molecule has 49 heavy (non-hydrogen) atoms. The molecule has 1 heterocycles. The number of ether oxygens (including phenoxy) is 3. The fourth-order valence-corrected chi connectivity index (χ4v) is 4.14. The predicted octanol–water partition coefficient (Wildman–Crippen LogP) is 4.03. The smallest absolute Gasteiger partial charge is 0.323 e. The number of carbonyl (C=O) groups excluding carboxylic acids is 5. The zero-order valence-corrected chi connectivity index (χ0v) is 33.8. The van der Waals surface area contributed by atoms with Gasteiger partial charge in [-0.05, 0) is 82.1 Å². The second kappa shape index (κ2) is 25.0. The second-order valence-corrected chi connectivity index (χ2v) is 15.8. The molecule has 1 rings (SSSR count). The van der Waals surface area contributed by atoms with E-state index in [0.29, 0.717) is 51.4 Å². The minimum absolute atomic E-state index is 0.0417. The number of hydrogen-bond donors (Lipinski definition) is 2. The van der Waals surface area contributed by atoms with Crippen LogP contribution in [0.2, 0.25) is 0 Å². The first-order chi connectivity index (χ1) is 22.5. The van der Waals surface area contributed by atoms with Gasteiger partial charge in [-0.25, -0.2) is 0 Å². The van der Waals surface area contributed by atoms with Crippen LogP contribution in [0.3, 0.4) is 0 Å². The number of nitrogens with zero attached hydrogens (tertiary/aromatic N) is 3. The highest BCUT2D eigenvalue weighted by Crippen LogP contribution is 2.17. The summed E-state index contributed by atoms with van der Waals surface area (Å²) in [6, 6.07) is -0.713. The van der Waals surface area contributed by atoms with Crippen LogP contribution in [-0.2, 0) is 38.2 Å². The van der Waals surface area contributed by atoms with Gasteiger partial charge in [0.2, 0.25) is 5.91 Å². The summed E-state index contributed by atoms with van der Waals surface area (Å²) in [7, 11) is 1.71. The Morgan fingerprint density at radius 3 is 1.71 bits per heavy atom. The molecule has 1 N–H and O–H groups in total. The third-order valence-electron chi connectivity index (χ3n) is 7.18. The van der Waals surface area contributed by atoms with Gasteiger partial charge in [0.1, 0.15) is 29.8 Å². The first-order valence-electron chi connectivity index (χ1n) is 17.5. The molecule has 1 aliphatic rings. The monoisotopic (exact) mass is 718 g/mol. The molecule has 13 heteroatoms. The van der Waals surface area contributed by atoms with Crippen molar-refractivity contribution in [2.45, 2.75) is 131 Å². The number of aldehydes is 2. The van der Waals surface area contributed by atoms with Gasteiger partial charge >= 0.3 is 11.9 Å². The maximum atomic E-state index is 13.3. The van der Waals surface area contributed by atoms with Crippen molar-refractivity contribution in [3.8, 4) is 0 Å². The van der Waals surface area contributed by atoms with Crippen LogP contribution in [0.1, 0.15) is 102 Å². The van der Waals surface area contributed by atoms with Crippen molar-refractivity contribution in [3.05, 3.63) is 0 Å². The van der Waals surface area contributed by atoms with Gasteiger partial charge in [0.25, 0.3) is 0 Å². The van der Waals surface area contributed by atoms with E-state index in [4.69, 9.17) is 14.2 Å². The van der Waals surface area contributed by atoms with Crippen molar-refractivity contribution in [2.75, 3.05) is 65.2 Å². The Morgan fingerprint density at radius 1 is 0.816 bits per heavy atom. The Balaban J connectivity index is 0. The summed E-state index contributed by atoms with van der Waals surface area (Å²) in [5, 5.41) is 2.89. The maximum absolute atomic E-state index is 13.3. The summed E-state index contributed by atoms with van der Waals surface area (Å²) in [6.45, 7) is 26.5. The van der Waals surface area contributed by atoms with E-state index in [9.17, 15) is 24.0 Å². The summed E-state index contributed by atoms with van der Waals surface area (Å²) >= 11 is 4.21. The molecule has 0 saturated carbocycles. The number of nitrogens with one attached hydrogen (secondary N) is 1. The van der Waals surface area contributed by atoms with E-state index in [1.54, 1.807) is 7.11 Å². The van der Waals surface area contributed by atoms with Crippen LogP contribution in [0.15, 0.2) is 0 Å². The molecule has 12 nitrogen and oxygen atoms in total. The Labute approximate surface area is 303 Å². The number of rotatable bonds is 13. The zero-order valence-electron chi connectivity index (χ0n) is 32.9. The van der Waals surface area contributed by atoms with Crippen molar-refractivity contribution in [1.29, 1.82) is 0 Å². The Bertz CT molecular complexity index is 962. The molecule has 288 valence electrons. The lowest BCUT2D eigenvalue weighted by Crippen LogP contribution is -2.49. The van der Waals surface area contributed by atoms with Crippen LogP contribution in [0, 0.1) is 5.92 Å². The van der Waals surface area contributed by atoms with Crippen LogP contribution in [0.25, 0.3) is 0 Å². The number of amides is 1. The number of thiol groups is 1. The third-order valence-corrected chi connectivity index (χ3v) is 7.73. The maximum Gasteiger partial charge on any atom is 0.323 e. The first-order valence-corrected chi connectivity index (χ1v) is 18.1. The zero-order chi connectivity index (χ0) is 38.4. The molecule has 0 bridgehead atoms. The summed E-state index contributed by atoms with van der Waals surface area (Å²) in [6.07, 6.45) is 3.25. The standard InChI is InChI=1S/C26H48N4O6S.C5H12O.C5H10O/c1-20(19-37)27-22(32)9-8-21(24(34)36-26(5,6)7)30-14-12-28(16-17-31)10-11-29(13-15-30)18-23(33)35-25(2,3)4;1-5(2,3)6-4;1-3-5(2)4-6/h17,20-21,37H,8-16,18-19H2,1-7H3,(H,27,32);1-4H3;4-5H,3H2,1-2H3. The summed E-state index contributed by atoms with van der Waals surface area (Å²) < 4.78 is 16.2. The topological polar surface area (TPSA) is 135 Å². The van der Waals surface area contributed by atoms with E-state index in [-0.39, 0.29) is 54.9 Å². The van der Waals surface area contributed by atoms with Crippen molar-refractivity contribution >= 4 is 43.0 Å². The van der Waals surface area contributed by atoms with Crippen LogP contribution < -0.4 is 5.32 Å². The van der Waals surface area contributed by atoms with Gasteiger partial charge in [-0.15, -0.1) is 0 Å². The second-order valence-electron chi connectivity index (χ2n) is 15.4. The van der Waals surface area contributed by atoms with E-state index in [1.165, 1.54) is 0 Å². The highest BCUT2D eigenvalue weighted by molar-refractivity contribution is 7.80. The van der Waals surface area contributed by atoms with E-state index in [1.807, 2.05) is 97.8 Å². The van der Waals surface area contributed by atoms with Crippen molar-refractivity contribution in [3.63, 3.8) is 0 Å². The van der Waals surface area contributed by atoms with Gasteiger partial charge in [0.15, 0.2) is 0 Å².